The minimum Gasteiger partial charge on any atom is -0.313 e. The van der Waals surface area contributed by atoms with Gasteiger partial charge in [0.1, 0.15) is 5.78 Å². The van der Waals surface area contributed by atoms with Gasteiger partial charge >= 0.3 is 0 Å². The summed E-state index contributed by atoms with van der Waals surface area (Å²) in [5.41, 5.74) is 1.34. The second-order valence-electron chi connectivity index (χ2n) is 4.55. The lowest BCUT2D eigenvalue weighted by Gasteiger charge is -2.29. The van der Waals surface area contributed by atoms with Crippen LogP contribution in [0.5, 0.6) is 0 Å². The Balaban J connectivity index is 2.08. The third-order valence-corrected chi connectivity index (χ3v) is 3.53. The van der Waals surface area contributed by atoms with Crippen molar-refractivity contribution in [2.45, 2.75) is 31.7 Å². The van der Waals surface area contributed by atoms with Crippen LogP contribution in [0.1, 0.15) is 37.3 Å². The summed E-state index contributed by atoms with van der Waals surface area (Å²) >= 11 is 0. The molecule has 1 unspecified atom stereocenters. The number of hydrogen-bond donors (Lipinski definition) is 1. The molecule has 16 heavy (non-hydrogen) atoms. The molecule has 1 aromatic carbocycles. The molecule has 1 fully saturated rings. The molecule has 2 nitrogen and oxygen atoms in total. The summed E-state index contributed by atoms with van der Waals surface area (Å²) < 4.78 is 0. The van der Waals surface area contributed by atoms with Crippen LogP contribution in [0.3, 0.4) is 0 Å². The van der Waals surface area contributed by atoms with E-state index in [9.17, 15) is 4.79 Å². The largest absolute Gasteiger partial charge is 0.313 e. The van der Waals surface area contributed by atoms with E-state index in [1.54, 1.807) is 0 Å². The first-order valence-electron chi connectivity index (χ1n) is 6.05. The van der Waals surface area contributed by atoms with E-state index in [1.807, 2.05) is 13.1 Å². The zero-order valence-corrected chi connectivity index (χ0v) is 9.78. The smallest absolute Gasteiger partial charge is 0.132 e. The van der Waals surface area contributed by atoms with Crippen molar-refractivity contribution in [1.29, 1.82) is 0 Å². The number of ketones is 1. The average Bonchev–Trinajstić information content (AvgIpc) is 2.34. The van der Waals surface area contributed by atoms with Crippen molar-refractivity contribution in [3.8, 4) is 0 Å². The lowest BCUT2D eigenvalue weighted by molar-refractivity contribution is -0.121. The molecule has 1 aromatic rings. The number of carbonyl (C=O) groups excluding carboxylic acids is 1. The van der Waals surface area contributed by atoms with Gasteiger partial charge in [-0.25, -0.2) is 0 Å². The molecule has 2 rings (SSSR count). The van der Waals surface area contributed by atoms with Crippen molar-refractivity contribution in [3.05, 3.63) is 35.9 Å². The molecule has 0 aliphatic heterocycles. The molecule has 0 radical (unpaired) electrons. The van der Waals surface area contributed by atoms with Gasteiger partial charge in [-0.1, -0.05) is 30.3 Å². The van der Waals surface area contributed by atoms with Gasteiger partial charge < -0.3 is 5.32 Å². The summed E-state index contributed by atoms with van der Waals surface area (Å²) in [7, 11) is 2.01. The van der Waals surface area contributed by atoms with Crippen LogP contribution >= 0.6 is 0 Å². The van der Waals surface area contributed by atoms with Crippen LogP contribution in [-0.4, -0.2) is 12.8 Å². The van der Waals surface area contributed by atoms with Crippen LogP contribution in [-0.2, 0) is 4.79 Å². The molecule has 1 aliphatic carbocycles. The summed E-state index contributed by atoms with van der Waals surface area (Å²) in [5, 5.41) is 3.39. The topological polar surface area (TPSA) is 29.1 Å². The maximum absolute atomic E-state index is 11.2. The second-order valence-corrected chi connectivity index (χ2v) is 4.55. The molecule has 0 aromatic heterocycles. The fourth-order valence-electron chi connectivity index (χ4n) is 2.63. The Morgan fingerprint density at radius 3 is 2.38 bits per heavy atom. The van der Waals surface area contributed by atoms with E-state index in [-0.39, 0.29) is 0 Å². The summed E-state index contributed by atoms with van der Waals surface area (Å²) in [6, 6.07) is 10.9. The lowest BCUT2D eigenvalue weighted by atomic mass is 9.81. The highest BCUT2D eigenvalue weighted by molar-refractivity contribution is 5.79. The number of nitrogens with one attached hydrogen (secondary N) is 1. The maximum Gasteiger partial charge on any atom is 0.132 e. The highest BCUT2D eigenvalue weighted by atomic mass is 16.1. The van der Waals surface area contributed by atoms with Gasteiger partial charge in [0.15, 0.2) is 0 Å². The van der Waals surface area contributed by atoms with Crippen LogP contribution in [0.15, 0.2) is 30.3 Å². The molecule has 0 amide bonds. The number of carbonyl (C=O) groups is 1. The molecule has 0 bridgehead atoms. The summed E-state index contributed by atoms with van der Waals surface area (Å²) in [5.74, 6) is 1.03. The molecule has 2 heteroatoms. The van der Waals surface area contributed by atoms with Crippen molar-refractivity contribution < 1.29 is 4.79 Å². The predicted octanol–water partition coefficient (Wildman–Crippen LogP) is 2.71. The monoisotopic (exact) mass is 217 g/mol. The van der Waals surface area contributed by atoms with Gasteiger partial charge in [-0.15, -0.1) is 0 Å². The van der Waals surface area contributed by atoms with E-state index < -0.39 is 0 Å². The second kappa shape index (κ2) is 5.26. The minimum absolute atomic E-state index is 0.398. The fraction of sp³-hybridized carbons (Fsp3) is 0.500. The molecule has 1 saturated carbocycles. The standard InChI is InChI=1S/C14H19NO/c1-15-14(11-5-3-2-4-6-11)12-7-9-13(16)10-8-12/h2-6,12,14-15H,7-10H2,1H3. The van der Waals surface area contributed by atoms with E-state index in [4.69, 9.17) is 0 Å². The summed E-state index contributed by atoms with van der Waals surface area (Å²) in [6.45, 7) is 0. The van der Waals surface area contributed by atoms with Crippen LogP contribution < -0.4 is 5.32 Å². The predicted molar refractivity (Wildman–Crippen MR) is 65.2 cm³/mol. The zero-order valence-electron chi connectivity index (χ0n) is 9.78. The zero-order chi connectivity index (χ0) is 11.4. The van der Waals surface area contributed by atoms with Gasteiger partial charge in [-0.2, -0.15) is 0 Å². The highest BCUT2D eigenvalue weighted by Crippen LogP contribution is 2.32. The first-order chi connectivity index (χ1) is 7.81. The maximum atomic E-state index is 11.2. The minimum atomic E-state index is 0.398. The molecule has 0 heterocycles. The highest BCUT2D eigenvalue weighted by Gasteiger charge is 2.26. The van der Waals surface area contributed by atoms with E-state index in [2.05, 4.69) is 29.6 Å². The Morgan fingerprint density at radius 1 is 1.19 bits per heavy atom. The molecule has 1 aliphatic rings. The summed E-state index contributed by atoms with van der Waals surface area (Å²) in [6.07, 6.45) is 3.57. The van der Waals surface area contributed by atoms with Gasteiger partial charge in [0.05, 0.1) is 0 Å². The number of Topliss-reactive ketones (excluding diaryl/α,β-unsaturated/α-hetero) is 1. The van der Waals surface area contributed by atoms with Crippen LogP contribution in [0, 0.1) is 5.92 Å². The quantitative estimate of drug-likeness (QED) is 0.843. The van der Waals surface area contributed by atoms with Crippen LogP contribution in [0.4, 0.5) is 0 Å². The van der Waals surface area contributed by atoms with Crippen molar-refractivity contribution in [2.75, 3.05) is 7.05 Å². The average molecular weight is 217 g/mol. The van der Waals surface area contributed by atoms with Crippen LogP contribution in [0.2, 0.25) is 0 Å². The van der Waals surface area contributed by atoms with Gasteiger partial charge in [-0.05, 0) is 31.4 Å². The number of hydrogen-bond acceptors (Lipinski definition) is 2. The molecule has 1 atom stereocenters. The SMILES string of the molecule is CNC(c1ccccc1)C1CCC(=O)CC1. The molecule has 0 spiro atoms. The third-order valence-electron chi connectivity index (χ3n) is 3.53. The molecule has 0 saturated heterocycles. The first-order valence-corrected chi connectivity index (χ1v) is 6.05. The number of benzene rings is 1. The van der Waals surface area contributed by atoms with E-state index >= 15 is 0 Å². The van der Waals surface area contributed by atoms with Gasteiger partial charge in [0, 0.05) is 18.9 Å². The Morgan fingerprint density at radius 2 is 1.81 bits per heavy atom. The van der Waals surface area contributed by atoms with Crippen LogP contribution in [0.25, 0.3) is 0 Å². The van der Waals surface area contributed by atoms with E-state index in [1.165, 1.54) is 5.56 Å². The van der Waals surface area contributed by atoms with Gasteiger partial charge in [0.2, 0.25) is 0 Å². The van der Waals surface area contributed by atoms with Gasteiger partial charge in [-0.3, -0.25) is 4.79 Å². The molecular weight excluding hydrogens is 198 g/mol. The third kappa shape index (κ3) is 2.50. The Kier molecular flexibility index (Phi) is 3.73. The normalized spacial score (nSPS) is 19.7. The van der Waals surface area contributed by atoms with E-state index in [0.29, 0.717) is 17.7 Å². The lowest BCUT2D eigenvalue weighted by Crippen LogP contribution is -2.28. The number of rotatable bonds is 3. The fourth-order valence-corrected chi connectivity index (χ4v) is 2.63. The van der Waals surface area contributed by atoms with Crippen molar-refractivity contribution in [3.63, 3.8) is 0 Å². The Bertz CT molecular complexity index is 337. The molecular formula is C14H19NO. The molecule has 1 N–H and O–H groups in total. The van der Waals surface area contributed by atoms with Gasteiger partial charge in [0.25, 0.3) is 0 Å². The molecule has 86 valence electrons. The van der Waals surface area contributed by atoms with Crippen molar-refractivity contribution in [2.24, 2.45) is 5.92 Å². The summed E-state index contributed by atoms with van der Waals surface area (Å²) in [4.78, 5) is 11.2. The Hall–Kier alpha value is -1.15. The Labute approximate surface area is 97.1 Å². The first kappa shape index (κ1) is 11.3. The van der Waals surface area contributed by atoms with E-state index in [0.717, 1.165) is 25.7 Å². The van der Waals surface area contributed by atoms with Crippen molar-refractivity contribution in [1.82, 2.24) is 5.32 Å². The van der Waals surface area contributed by atoms with Crippen molar-refractivity contribution >= 4 is 5.78 Å².